The number of amides is 1. The summed E-state index contributed by atoms with van der Waals surface area (Å²) in [7, 11) is 1.42. The molecule has 0 spiro atoms. The van der Waals surface area contributed by atoms with Gasteiger partial charge in [-0.05, 0) is 42.5 Å². The standard InChI is InChI=1S/C17H12F3NO3/c1-24-15-5-3-11(22)6-9(15)7-13-12-8-10(17(18,19)20)2-4-14(12)21-16(13)23/h2-8,22H,1H3,(H,21,23)/b13-7+. The molecule has 0 saturated heterocycles. The van der Waals surface area contributed by atoms with Gasteiger partial charge in [0.15, 0.2) is 0 Å². The molecular formula is C17H12F3NO3. The maximum atomic E-state index is 12.9. The van der Waals surface area contributed by atoms with Crippen molar-refractivity contribution in [2.24, 2.45) is 0 Å². The SMILES string of the molecule is COc1ccc(O)cc1/C=C1/C(=O)Nc2ccc(C(F)(F)F)cc21. The van der Waals surface area contributed by atoms with E-state index in [1.807, 2.05) is 0 Å². The Morgan fingerprint density at radius 2 is 1.92 bits per heavy atom. The van der Waals surface area contributed by atoms with Gasteiger partial charge in [0.2, 0.25) is 0 Å². The van der Waals surface area contributed by atoms with Crippen molar-refractivity contribution in [3.63, 3.8) is 0 Å². The largest absolute Gasteiger partial charge is 0.508 e. The molecule has 124 valence electrons. The van der Waals surface area contributed by atoms with Gasteiger partial charge < -0.3 is 15.2 Å². The molecule has 0 aromatic heterocycles. The smallest absolute Gasteiger partial charge is 0.416 e. The summed E-state index contributed by atoms with van der Waals surface area (Å²) >= 11 is 0. The number of anilines is 1. The van der Waals surface area contributed by atoms with Crippen LogP contribution in [0.25, 0.3) is 11.6 Å². The number of nitrogens with one attached hydrogen (secondary N) is 1. The van der Waals surface area contributed by atoms with E-state index in [-0.39, 0.29) is 16.9 Å². The van der Waals surface area contributed by atoms with Crippen LogP contribution in [-0.4, -0.2) is 18.1 Å². The van der Waals surface area contributed by atoms with Gasteiger partial charge in [-0.3, -0.25) is 4.79 Å². The third kappa shape index (κ3) is 2.80. The number of rotatable bonds is 2. The van der Waals surface area contributed by atoms with Crippen molar-refractivity contribution >= 4 is 23.2 Å². The summed E-state index contributed by atoms with van der Waals surface area (Å²) in [5, 5.41) is 12.1. The lowest BCUT2D eigenvalue weighted by molar-refractivity contribution is -0.137. The first-order valence-corrected chi connectivity index (χ1v) is 6.91. The number of carbonyl (C=O) groups is 1. The van der Waals surface area contributed by atoms with Gasteiger partial charge in [-0.2, -0.15) is 13.2 Å². The van der Waals surface area contributed by atoms with Crippen molar-refractivity contribution in [1.29, 1.82) is 0 Å². The zero-order valence-electron chi connectivity index (χ0n) is 12.4. The molecule has 0 fully saturated rings. The Morgan fingerprint density at radius 3 is 2.58 bits per heavy atom. The van der Waals surface area contributed by atoms with Crippen LogP contribution in [0, 0.1) is 0 Å². The Hall–Kier alpha value is -2.96. The normalized spacial score (nSPS) is 15.3. The molecule has 0 bridgehead atoms. The topological polar surface area (TPSA) is 58.6 Å². The second kappa shape index (κ2) is 5.59. The highest BCUT2D eigenvalue weighted by atomic mass is 19.4. The van der Waals surface area contributed by atoms with E-state index in [2.05, 4.69) is 5.32 Å². The first kappa shape index (κ1) is 15.9. The van der Waals surface area contributed by atoms with Crippen LogP contribution in [0.5, 0.6) is 11.5 Å². The Balaban J connectivity index is 2.14. The van der Waals surface area contributed by atoms with Crippen LogP contribution >= 0.6 is 0 Å². The molecule has 24 heavy (non-hydrogen) atoms. The predicted octanol–water partition coefficient (Wildman–Crippen LogP) is 3.91. The number of phenols is 1. The number of hydrogen-bond donors (Lipinski definition) is 2. The summed E-state index contributed by atoms with van der Waals surface area (Å²) in [4.78, 5) is 12.1. The van der Waals surface area contributed by atoms with Crippen molar-refractivity contribution in [2.45, 2.75) is 6.18 Å². The fourth-order valence-corrected chi connectivity index (χ4v) is 2.50. The lowest BCUT2D eigenvalue weighted by Crippen LogP contribution is -2.04. The van der Waals surface area contributed by atoms with Crippen LogP contribution in [0.3, 0.4) is 0 Å². The van der Waals surface area contributed by atoms with E-state index in [9.17, 15) is 23.1 Å². The van der Waals surface area contributed by atoms with E-state index >= 15 is 0 Å². The number of aromatic hydroxyl groups is 1. The first-order chi connectivity index (χ1) is 11.3. The lowest BCUT2D eigenvalue weighted by atomic mass is 10.0. The Labute approximate surface area is 135 Å². The summed E-state index contributed by atoms with van der Waals surface area (Å²) in [5.41, 5.74) is 0.0676. The minimum atomic E-state index is -4.51. The highest BCUT2D eigenvalue weighted by molar-refractivity contribution is 6.35. The first-order valence-electron chi connectivity index (χ1n) is 6.91. The molecule has 0 aliphatic carbocycles. The highest BCUT2D eigenvalue weighted by Gasteiger charge is 2.33. The zero-order chi connectivity index (χ0) is 17.5. The van der Waals surface area contributed by atoms with Crippen molar-refractivity contribution in [1.82, 2.24) is 0 Å². The molecule has 0 saturated carbocycles. The maximum Gasteiger partial charge on any atom is 0.416 e. The van der Waals surface area contributed by atoms with E-state index in [4.69, 9.17) is 4.74 Å². The number of fused-ring (bicyclic) bond motifs is 1. The molecule has 1 aliphatic rings. The van der Waals surface area contributed by atoms with Gasteiger partial charge in [0, 0.05) is 22.4 Å². The van der Waals surface area contributed by atoms with Gasteiger partial charge in [0.05, 0.1) is 12.7 Å². The number of halogens is 3. The van der Waals surface area contributed by atoms with Crippen LogP contribution in [-0.2, 0) is 11.0 Å². The third-order valence-corrected chi connectivity index (χ3v) is 3.64. The van der Waals surface area contributed by atoms with E-state index in [0.29, 0.717) is 17.0 Å². The van der Waals surface area contributed by atoms with Crippen molar-refractivity contribution < 1.29 is 27.8 Å². The highest BCUT2D eigenvalue weighted by Crippen LogP contribution is 2.39. The van der Waals surface area contributed by atoms with E-state index in [1.54, 1.807) is 0 Å². The maximum absolute atomic E-state index is 12.9. The van der Waals surface area contributed by atoms with Gasteiger partial charge in [-0.25, -0.2) is 0 Å². The fourth-order valence-electron chi connectivity index (χ4n) is 2.50. The second-order valence-corrected chi connectivity index (χ2v) is 5.20. The third-order valence-electron chi connectivity index (χ3n) is 3.64. The van der Waals surface area contributed by atoms with Crippen LogP contribution < -0.4 is 10.1 Å². The molecule has 3 rings (SSSR count). The second-order valence-electron chi connectivity index (χ2n) is 5.20. The molecule has 1 heterocycles. The molecule has 7 heteroatoms. The van der Waals surface area contributed by atoms with Crippen molar-refractivity contribution in [3.8, 4) is 11.5 Å². The number of hydrogen-bond acceptors (Lipinski definition) is 3. The van der Waals surface area contributed by atoms with Crippen molar-refractivity contribution in [2.75, 3.05) is 12.4 Å². The van der Waals surface area contributed by atoms with E-state index < -0.39 is 17.6 Å². The van der Waals surface area contributed by atoms with Gasteiger partial charge in [0.1, 0.15) is 11.5 Å². The Bertz CT molecular complexity index is 857. The number of ether oxygens (including phenoxy) is 1. The molecular weight excluding hydrogens is 323 g/mol. The molecule has 2 aromatic carbocycles. The quantitative estimate of drug-likeness (QED) is 0.818. The van der Waals surface area contributed by atoms with E-state index in [1.165, 1.54) is 37.5 Å². The molecule has 1 aliphatic heterocycles. The van der Waals surface area contributed by atoms with Gasteiger partial charge in [-0.15, -0.1) is 0 Å². The molecule has 0 atom stereocenters. The van der Waals surface area contributed by atoms with Gasteiger partial charge in [0.25, 0.3) is 5.91 Å². The minimum absolute atomic E-state index is 0.0506. The molecule has 2 aromatic rings. The molecule has 0 unspecified atom stereocenters. The summed E-state index contributed by atoms with van der Waals surface area (Å²) < 4.78 is 43.8. The number of phenolic OH excluding ortho intramolecular Hbond substituents is 1. The Kier molecular flexibility index (Phi) is 3.71. The van der Waals surface area contributed by atoms with Crippen LogP contribution in [0.4, 0.5) is 18.9 Å². The average Bonchev–Trinajstić information content (AvgIpc) is 2.82. The molecule has 1 amide bonds. The van der Waals surface area contributed by atoms with Crippen molar-refractivity contribution in [3.05, 3.63) is 53.1 Å². The number of carbonyl (C=O) groups excluding carboxylic acids is 1. The summed E-state index contributed by atoms with van der Waals surface area (Å²) in [5.74, 6) is -0.187. The van der Waals surface area contributed by atoms with Gasteiger partial charge in [-0.1, -0.05) is 0 Å². The summed E-state index contributed by atoms with van der Waals surface area (Å²) in [6, 6.07) is 7.33. The fraction of sp³-hybridized carbons (Fsp3) is 0.118. The molecule has 2 N–H and O–H groups in total. The predicted molar refractivity (Wildman–Crippen MR) is 82.6 cm³/mol. The van der Waals surface area contributed by atoms with Crippen LogP contribution in [0.15, 0.2) is 36.4 Å². The van der Waals surface area contributed by atoms with Crippen LogP contribution in [0.2, 0.25) is 0 Å². The van der Waals surface area contributed by atoms with E-state index in [0.717, 1.165) is 12.1 Å². The zero-order valence-corrected chi connectivity index (χ0v) is 12.4. The lowest BCUT2D eigenvalue weighted by Gasteiger charge is -2.09. The average molecular weight is 335 g/mol. The number of methoxy groups -OCH3 is 1. The van der Waals surface area contributed by atoms with Gasteiger partial charge >= 0.3 is 6.18 Å². The minimum Gasteiger partial charge on any atom is -0.508 e. The summed E-state index contributed by atoms with van der Waals surface area (Å²) in [6.07, 6.45) is -3.12. The summed E-state index contributed by atoms with van der Waals surface area (Å²) in [6.45, 7) is 0. The number of benzene rings is 2. The molecule has 0 radical (unpaired) electrons. The monoisotopic (exact) mass is 335 g/mol. The molecule has 4 nitrogen and oxygen atoms in total. The van der Waals surface area contributed by atoms with Crippen LogP contribution in [0.1, 0.15) is 16.7 Å². The Morgan fingerprint density at radius 1 is 1.17 bits per heavy atom. The number of alkyl halides is 3.